The number of sulfonamides is 1. The van der Waals surface area contributed by atoms with E-state index in [0.717, 1.165) is 0 Å². The van der Waals surface area contributed by atoms with E-state index >= 15 is 0 Å². The summed E-state index contributed by atoms with van der Waals surface area (Å²) in [5, 5.41) is 0.343. The van der Waals surface area contributed by atoms with Crippen molar-refractivity contribution < 1.29 is 17.9 Å². The van der Waals surface area contributed by atoms with Crippen LogP contribution in [0.4, 0.5) is 11.5 Å². The molecule has 0 aliphatic rings. The lowest BCUT2D eigenvalue weighted by atomic mass is 10.0. The van der Waals surface area contributed by atoms with E-state index in [1.165, 1.54) is 30.6 Å². The van der Waals surface area contributed by atoms with Gasteiger partial charge in [0.2, 0.25) is 5.88 Å². The molecule has 0 amide bonds. The van der Waals surface area contributed by atoms with Gasteiger partial charge in [-0.05, 0) is 44.2 Å². The lowest BCUT2D eigenvalue weighted by Crippen LogP contribution is -2.14. The molecular formula is C27H23ClN6O4S. The number of benzene rings is 2. The highest BCUT2D eigenvalue weighted by Crippen LogP contribution is 2.34. The number of hydrogen-bond donors (Lipinski definition) is 2. The molecule has 0 spiro atoms. The molecule has 0 aliphatic carbocycles. The Kier molecular flexibility index (Phi) is 6.94. The van der Waals surface area contributed by atoms with Crippen molar-refractivity contribution in [2.24, 2.45) is 0 Å². The van der Waals surface area contributed by atoms with E-state index in [1.54, 1.807) is 48.8 Å². The summed E-state index contributed by atoms with van der Waals surface area (Å²) in [7, 11) is -4.10. The molecule has 0 radical (unpaired) electrons. The van der Waals surface area contributed by atoms with Crippen LogP contribution in [0.3, 0.4) is 0 Å². The molecule has 5 rings (SSSR count). The van der Waals surface area contributed by atoms with Crippen LogP contribution in [0.5, 0.6) is 11.6 Å². The van der Waals surface area contributed by atoms with E-state index < -0.39 is 15.8 Å². The molecule has 3 N–H and O–H groups in total. The SMILES string of the molecule is CC(C)n1cc(C(=O)c2cccc(NS(=O)(=O)c3cccc(Oc4ccccn4)c3)c2Cl)c2c(N)ncnc21. The van der Waals surface area contributed by atoms with Crippen LogP contribution in [0, 0.1) is 0 Å². The highest BCUT2D eigenvalue weighted by Gasteiger charge is 2.25. The molecule has 3 aromatic heterocycles. The molecular weight excluding hydrogens is 540 g/mol. The average molecular weight is 563 g/mol. The lowest BCUT2D eigenvalue weighted by molar-refractivity contribution is 0.104. The summed E-state index contributed by atoms with van der Waals surface area (Å²) in [6.07, 6.45) is 4.56. The molecule has 3 heterocycles. The fourth-order valence-electron chi connectivity index (χ4n) is 4.04. The molecule has 0 fully saturated rings. The third kappa shape index (κ3) is 5.14. The third-order valence-corrected chi connectivity index (χ3v) is 7.67. The Morgan fingerprint density at radius 1 is 1.03 bits per heavy atom. The standard InChI is InChI=1S/C27H23ClN6O4S/c1-16(2)34-14-20(23-26(29)31-15-32-27(23)34)25(35)19-9-6-10-21(24(19)28)33-39(36,37)18-8-5-7-17(13-18)38-22-11-3-4-12-30-22/h3-16,33H,1-2H3,(H2,29,31,32). The first-order chi connectivity index (χ1) is 18.7. The van der Waals surface area contributed by atoms with Gasteiger partial charge in [-0.3, -0.25) is 9.52 Å². The molecule has 12 heteroatoms. The van der Waals surface area contributed by atoms with Crippen LogP contribution < -0.4 is 15.2 Å². The van der Waals surface area contributed by atoms with Gasteiger partial charge in [0.05, 0.1) is 26.6 Å². The number of nitrogen functional groups attached to an aromatic ring is 1. The van der Waals surface area contributed by atoms with Crippen LogP contribution in [0.25, 0.3) is 11.0 Å². The molecule has 198 valence electrons. The average Bonchev–Trinajstić information content (AvgIpc) is 3.32. The minimum absolute atomic E-state index is 0.00520. The highest BCUT2D eigenvalue weighted by molar-refractivity contribution is 7.92. The number of halogens is 1. The maximum atomic E-state index is 13.7. The summed E-state index contributed by atoms with van der Waals surface area (Å²) < 4.78 is 36.4. The quantitative estimate of drug-likeness (QED) is 0.237. The molecule has 0 bridgehead atoms. The van der Waals surface area contributed by atoms with Crippen LogP contribution in [0.1, 0.15) is 35.8 Å². The number of hydrogen-bond acceptors (Lipinski definition) is 8. The number of ether oxygens (including phenoxy) is 1. The fraction of sp³-hybridized carbons (Fsp3) is 0.111. The number of rotatable bonds is 8. The third-order valence-electron chi connectivity index (χ3n) is 5.90. The van der Waals surface area contributed by atoms with Gasteiger partial charge in [-0.2, -0.15) is 0 Å². The Hall–Kier alpha value is -4.48. The minimum atomic E-state index is -4.10. The van der Waals surface area contributed by atoms with Crippen molar-refractivity contribution in [2.45, 2.75) is 24.8 Å². The van der Waals surface area contributed by atoms with Crippen LogP contribution >= 0.6 is 11.6 Å². The number of fused-ring (bicyclic) bond motifs is 1. The number of anilines is 2. The van der Waals surface area contributed by atoms with Crippen molar-refractivity contribution in [3.8, 4) is 11.6 Å². The zero-order valence-corrected chi connectivity index (χ0v) is 22.4. The molecule has 0 unspecified atom stereocenters. The van der Waals surface area contributed by atoms with Crippen LogP contribution in [0.2, 0.25) is 5.02 Å². The first-order valence-electron chi connectivity index (χ1n) is 11.8. The van der Waals surface area contributed by atoms with Gasteiger partial charge in [0.15, 0.2) is 5.78 Å². The minimum Gasteiger partial charge on any atom is -0.439 e. The number of aromatic nitrogens is 4. The number of pyridine rings is 1. The van der Waals surface area contributed by atoms with E-state index in [-0.39, 0.29) is 44.3 Å². The second-order valence-electron chi connectivity index (χ2n) is 8.85. The van der Waals surface area contributed by atoms with Crippen molar-refractivity contribution in [3.63, 3.8) is 0 Å². The fourth-order valence-corrected chi connectivity index (χ4v) is 5.46. The lowest BCUT2D eigenvalue weighted by Gasteiger charge is -2.13. The Morgan fingerprint density at radius 3 is 2.56 bits per heavy atom. The number of ketones is 1. The predicted molar refractivity (Wildman–Crippen MR) is 149 cm³/mol. The number of carbonyl (C=O) groups is 1. The van der Waals surface area contributed by atoms with Crippen molar-refractivity contribution in [1.82, 2.24) is 19.5 Å². The van der Waals surface area contributed by atoms with E-state index in [1.807, 2.05) is 18.4 Å². The monoisotopic (exact) mass is 562 g/mol. The van der Waals surface area contributed by atoms with Gasteiger partial charge >= 0.3 is 0 Å². The van der Waals surface area contributed by atoms with E-state index in [0.29, 0.717) is 16.9 Å². The Balaban J connectivity index is 1.47. The molecule has 0 aliphatic heterocycles. The molecule has 0 saturated carbocycles. The van der Waals surface area contributed by atoms with Gasteiger partial charge in [0, 0.05) is 36.1 Å². The van der Waals surface area contributed by atoms with E-state index in [2.05, 4.69) is 19.7 Å². The Bertz CT molecular complexity index is 1810. The van der Waals surface area contributed by atoms with Crippen LogP contribution in [-0.2, 0) is 10.0 Å². The van der Waals surface area contributed by atoms with Gasteiger partial charge in [-0.25, -0.2) is 23.4 Å². The Morgan fingerprint density at radius 2 is 1.82 bits per heavy atom. The van der Waals surface area contributed by atoms with Crippen molar-refractivity contribution in [2.75, 3.05) is 10.5 Å². The number of carbonyl (C=O) groups excluding carboxylic acids is 1. The van der Waals surface area contributed by atoms with Gasteiger partial charge < -0.3 is 15.0 Å². The molecule has 2 aromatic carbocycles. The molecule has 10 nitrogen and oxygen atoms in total. The number of nitrogens with two attached hydrogens (primary N) is 1. The zero-order chi connectivity index (χ0) is 27.7. The highest BCUT2D eigenvalue weighted by atomic mass is 35.5. The second kappa shape index (κ2) is 10.4. The normalized spacial score (nSPS) is 11.6. The van der Waals surface area contributed by atoms with Crippen molar-refractivity contribution in [3.05, 3.63) is 95.5 Å². The smallest absolute Gasteiger partial charge is 0.262 e. The van der Waals surface area contributed by atoms with Crippen LogP contribution in [0.15, 0.2) is 84.3 Å². The first-order valence-corrected chi connectivity index (χ1v) is 13.7. The summed E-state index contributed by atoms with van der Waals surface area (Å²) in [6, 6.07) is 15.6. The van der Waals surface area contributed by atoms with E-state index in [9.17, 15) is 13.2 Å². The molecule has 5 aromatic rings. The summed E-state index contributed by atoms with van der Waals surface area (Å²) in [5.41, 5.74) is 7.01. The van der Waals surface area contributed by atoms with Gasteiger partial charge in [0.1, 0.15) is 23.5 Å². The molecule has 0 atom stereocenters. The molecule has 39 heavy (non-hydrogen) atoms. The maximum absolute atomic E-state index is 13.7. The van der Waals surface area contributed by atoms with Gasteiger partial charge in [0.25, 0.3) is 10.0 Å². The summed E-state index contributed by atoms with van der Waals surface area (Å²) in [4.78, 5) is 26.0. The summed E-state index contributed by atoms with van der Waals surface area (Å²) in [6.45, 7) is 3.90. The van der Waals surface area contributed by atoms with Gasteiger partial charge in [-0.15, -0.1) is 0 Å². The molecule has 0 saturated heterocycles. The van der Waals surface area contributed by atoms with Gasteiger partial charge in [-0.1, -0.05) is 29.8 Å². The topological polar surface area (TPSA) is 142 Å². The maximum Gasteiger partial charge on any atom is 0.262 e. The second-order valence-corrected chi connectivity index (χ2v) is 10.9. The number of nitrogens with zero attached hydrogens (tertiary/aromatic N) is 4. The Labute approximate surface area is 229 Å². The van der Waals surface area contributed by atoms with Crippen molar-refractivity contribution >= 4 is 49.9 Å². The summed E-state index contributed by atoms with van der Waals surface area (Å²) >= 11 is 6.60. The largest absolute Gasteiger partial charge is 0.439 e. The summed E-state index contributed by atoms with van der Waals surface area (Å²) in [5.74, 6) is 0.313. The van der Waals surface area contributed by atoms with Crippen molar-refractivity contribution in [1.29, 1.82) is 0 Å². The van der Waals surface area contributed by atoms with Crippen LogP contribution in [-0.4, -0.2) is 33.7 Å². The van der Waals surface area contributed by atoms with E-state index in [4.69, 9.17) is 22.1 Å². The predicted octanol–water partition coefficient (Wildman–Crippen LogP) is 5.47. The first kappa shape index (κ1) is 26.1. The zero-order valence-electron chi connectivity index (χ0n) is 20.9. The number of nitrogens with one attached hydrogen (secondary N) is 1.